The number of carbonyl (C=O) groups is 1. The molecule has 1 aliphatic carbocycles. The minimum absolute atomic E-state index is 0.0635. The Hall–Kier alpha value is -1.13. The fourth-order valence-electron chi connectivity index (χ4n) is 3.26. The summed E-state index contributed by atoms with van der Waals surface area (Å²) in [5.74, 6) is 1.19. The summed E-state index contributed by atoms with van der Waals surface area (Å²) in [5, 5.41) is 0. The normalized spacial score (nSPS) is 26.5. The van der Waals surface area contributed by atoms with Gasteiger partial charge in [-0.3, -0.25) is 4.79 Å². The van der Waals surface area contributed by atoms with Gasteiger partial charge in [0.2, 0.25) is 5.91 Å². The van der Waals surface area contributed by atoms with Gasteiger partial charge in [0.15, 0.2) is 0 Å². The summed E-state index contributed by atoms with van der Waals surface area (Å²) in [7, 11) is 0. The van der Waals surface area contributed by atoms with E-state index >= 15 is 0 Å². The van der Waals surface area contributed by atoms with Gasteiger partial charge in [-0.15, -0.1) is 11.6 Å². The third-order valence-electron chi connectivity index (χ3n) is 4.66. The zero-order valence-corrected chi connectivity index (χ0v) is 12.8. The predicted molar refractivity (Wildman–Crippen MR) is 78.6 cm³/mol. The number of halogens is 2. The van der Waals surface area contributed by atoms with Gasteiger partial charge in [0.1, 0.15) is 11.7 Å². The molecule has 2 unspecified atom stereocenters. The summed E-state index contributed by atoms with van der Waals surface area (Å²) in [6.45, 7) is 4.25. The van der Waals surface area contributed by atoms with Gasteiger partial charge >= 0.3 is 0 Å². The molecule has 2 fully saturated rings. The Morgan fingerprint density at radius 2 is 2.14 bits per heavy atom. The number of fused-ring (bicyclic) bond motifs is 1. The molecule has 1 saturated carbocycles. The Kier molecular flexibility index (Phi) is 4.18. The van der Waals surface area contributed by atoms with Crippen LogP contribution in [0.2, 0.25) is 0 Å². The minimum atomic E-state index is -0.232. The summed E-state index contributed by atoms with van der Waals surface area (Å²) >= 11 is 5.70. The topological polar surface area (TPSA) is 29.5 Å². The van der Waals surface area contributed by atoms with E-state index in [1.54, 1.807) is 24.0 Å². The lowest BCUT2D eigenvalue weighted by Crippen LogP contribution is -2.34. The summed E-state index contributed by atoms with van der Waals surface area (Å²) in [6, 6.07) is 5.28. The average Bonchev–Trinajstić information content (AvgIpc) is 2.91. The summed E-state index contributed by atoms with van der Waals surface area (Å²) in [4.78, 5) is 13.7. The maximum absolute atomic E-state index is 14.1. The zero-order chi connectivity index (χ0) is 15.0. The van der Waals surface area contributed by atoms with Crippen molar-refractivity contribution in [2.75, 3.05) is 25.6 Å². The molecule has 1 saturated heterocycles. The first-order valence-corrected chi connectivity index (χ1v) is 7.80. The van der Waals surface area contributed by atoms with Gasteiger partial charge in [-0.1, -0.05) is 18.2 Å². The van der Waals surface area contributed by atoms with Gasteiger partial charge in [0.05, 0.1) is 13.2 Å². The highest BCUT2D eigenvalue weighted by Gasteiger charge is 2.54. The van der Waals surface area contributed by atoms with Crippen LogP contribution >= 0.6 is 11.6 Å². The zero-order valence-electron chi connectivity index (χ0n) is 12.0. The maximum Gasteiger partial charge on any atom is 0.237 e. The molecule has 3 nitrogen and oxygen atoms in total. The van der Waals surface area contributed by atoms with Crippen LogP contribution in [0.4, 0.5) is 4.39 Å². The molecule has 1 aliphatic heterocycles. The van der Waals surface area contributed by atoms with Crippen molar-refractivity contribution in [1.82, 2.24) is 4.90 Å². The van der Waals surface area contributed by atoms with Crippen molar-refractivity contribution < 1.29 is 13.9 Å². The van der Waals surface area contributed by atoms with Crippen LogP contribution in [0, 0.1) is 30.5 Å². The largest absolute Gasteiger partial charge is 0.381 e. The molecule has 1 aromatic rings. The molecule has 0 spiro atoms. The number of aryl methyl sites for hydroxylation is 1. The second-order valence-electron chi connectivity index (χ2n) is 5.98. The Morgan fingerprint density at radius 1 is 1.43 bits per heavy atom. The second kappa shape index (κ2) is 5.93. The van der Waals surface area contributed by atoms with E-state index in [1.807, 2.05) is 6.07 Å². The first kappa shape index (κ1) is 14.8. The number of amides is 1. The Labute approximate surface area is 129 Å². The van der Waals surface area contributed by atoms with E-state index in [4.69, 9.17) is 16.3 Å². The van der Waals surface area contributed by atoms with Crippen molar-refractivity contribution >= 4 is 17.5 Å². The van der Waals surface area contributed by atoms with Crippen LogP contribution in [-0.4, -0.2) is 36.4 Å². The molecule has 21 heavy (non-hydrogen) atoms. The molecule has 0 bridgehead atoms. The van der Waals surface area contributed by atoms with Gasteiger partial charge in [0, 0.05) is 18.7 Å². The van der Waals surface area contributed by atoms with Crippen LogP contribution in [0.15, 0.2) is 18.2 Å². The highest BCUT2D eigenvalue weighted by Crippen LogP contribution is 2.51. The first-order valence-electron chi connectivity index (χ1n) is 7.27. The van der Waals surface area contributed by atoms with Crippen LogP contribution in [0.3, 0.4) is 0 Å². The van der Waals surface area contributed by atoms with E-state index in [0.29, 0.717) is 35.4 Å². The lowest BCUT2D eigenvalue weighted by atomic mass is 10.1. The Bertz CT molecular complexity index is 541. The van der Waals surface area contributed by atoms with Gasteiger partial charge in [0.25, 0.3) is 0 Å². The van der Waals surface area contributed by atoms with Crippen molar-refractivity contribution in [1.29, 1.82) is 0 Å². The van der Waals surface area contributed by atoms with Gasteiger partial charge in [-0.05, 0) is 30.2 Å². The monoisotopic (exact) mass is 311 g/mol. The van der Waals surface area contributed by atoms with E-state index in [0.717, 1.165) is 13.2 Å². The molecule has 114 valence electrons. The molecule has 5 heteroatoms. The van der Waals surface area contributed by atoms with Gasteiger partial charge in [-0.2, -0.15) is 0 Å². The van der Waals surface area contributed by atoms with E-state index in [1.165, 1.54) is 0 Å². The van der Waals surface area contributed by atoms with E-state index in [-0.39, 0.29) is 24.1 Å². The van der Waals surface area contributed by atoms with Crippen LogP contribution < -0.4 is 0 Å². The average molecular weight is 312 g/mol. The smallest absolute Gasteiger partial charge is 0.237 e. The van der Waals surface area contributed by atoms with Crippen molar-refractivity contribution in [3.8, 4) is 0 Å². The van der Waals surface area contributed by atoms with Crippen molar-refractivity contribution in [2.45, 2.75) is 13.5 Å². The lowest BCUT2D eigenvalue weighted by molar-refractivity contribution is -0.129. The van der Waals surface area contributed by atoms with Crippen LogP contribution in [-0.2, 0) is 16.1 Å². The molecular formula is C16H19ClFNO2. The first-order chi connectivity index (χ1) is 10.1. The highest BCUT2D eigenvalue weighted by atomic mass is 35.5. The quantitative estimate of drug-likeness (QED) is 0.782. The molecule has 2 atom stereocenters. The summed E-state index contributed by atoms with van der Waals surface area (Å²) < 4.78 is 19.5. The number of benzene rings is 1. The predicted octanol–water partition coefficient (Wildman–Crippen LogP) is 2.59. The van der Waals surface area contributed by atoms with Gasteiger partial charge < -0.3 is 9.64 Å². The van der Waals surface area contributed by atoms with Crippen molar-refractivity contribution in [3.63, 3.8) is 0 Å². The molecular weight excluding hydrogens is 293 g/mol. The standard InChI is InChI=1S/C16H19ClFNO2/c1-10-3-2-4-11(16(10)18)6-19(15(20)5-17)7-12-13-8-21-9-14(12)13/h2-4,12-14H,5-9H2,1H3. The van der Waals surface area contributed by atoms with E-state index < -0.39 is 0 Å². The molecule has 0 radical (unpaired) electrons. The number of hydrogen-bond donors (Lipinski definition) is 0. The van der Waals surface area contributed by atoms with Crippen molar-refractivity contribution in [2.24, 2.45) is 17.8 Å². The molecule has 1 amide bonds. The van der Waals surface area contributed by atoms with Crippen LogP contribution in [0.1, 0.15) is 11.1 Å². The molecule has 0 N–H and O–H groups in total. The number of ether oxygens (including phenoxy) is 1. The molecule has 0 aromatic heterocycles. The van der Waals surface area contributed by atoms with Crippen LogP contribution in [0.5, 0.6) is 0 Å². The second-order valence-corrected chi connectivity index (χ2v) is 6.25. The molecule has 1 aromatic carbocycles. The molecule has 2 aliphatic rings. The number of carbonyl (C=O) groups excluding carboxylic acids is 1. The maximum atomic E-state index is 14.1. The van der Waals surface area contributed by atoms with E-state index in [2.05, 4.69) is 0 Å². The lowest BCUT2D eigenvalue weighted by Gasteiger charge is -2.23. The molecule has 3 rings (SSSR count). The fraction of sp³-hybridized carbons (Fsp3) is 0.562. The third-order valence-corrected chi connectivity index (χ3v) is 4.89. The third kappa shape index (κ3) is 2.92. The number of rotatable bonds is 5. The SMILES string of the molecule is Cc1cccc(CN(CC2C3COCC32)C(=O)CCl)c1F. The minimum Gasteiger partial charge on any atom is -0.381 e. The van der Waals surface area contributed by atoms with Crippen molar-refractivity contribution in [3.05, 3.63) is 35.1 Å². The Balaban J connectivity index is 1.70. The van der Waals surface area contributed by atoms with Crippen LogP contribution in [0.25, 0.3) is 0 Å². The highest BCUT2D eigenvalue weighted by molar-refractivity contribution is 6.27. The summed E-state index contributed by atoms with van der Waals surface area (Å²) in [5.41, 5.74) is 1.15. The summed E-state index contributed by atoms with van der Waals surface area (Å²) in [6.07, 6.45) is 0. The van der Waals surface area contributed by atoms with E-state index in [9.17, 15) is 9.18 Å². The number of alkyl halides is 1. The molecule has 1 heterocycles. The van der Waals surface area contributed by atoms with Gasteiger partial charge in [-0.25, -0.2) is 4.39 Å². The fourth-order valence-corrected chi connectivity index (χ4v) is 3.43. The number of nitrogens with zero attached hydrogens (tertiary/aromatic N) is 1. The number of hydrogen-bond acceptors (Lipinski definition) is 2. The Morgan fingerprint density at radius 3 is 2.81 bits per heavy atom.